The molecule has 4 aromatic rings. The van der Waals surface area contributed by atoms with Crippen molar-refractivity contribution in [2.45, 2.75) is 13.0 Å². The molecule has 4 rings (SSSR count). The van der Waals surface area contributed by atoms with E-state index in [1.165, 1.54) is 18.9 Å². The van der Waals surface area contributed by atoms with E-state index < -0.39 is 11.9 Å². The quantitative estimate of drug-likeness (QED) is 0.277. The first-order chi connectivity index (χ1) is 16.6. The van der Waals surface area contributed by atoms with Crippen LogP contribution in [0, 0.1) is 0 Å². The van der Waals surface area contributed by atoms with E-state index in [0.717, 1.165) is 13.0 Å². The number of para-hydroxylation sites is 1. The maximum Gasteiger partial charge on any atom is 0.357 e. The molecular weight excluding hydrogens is 436 g/mol. The molecule has 0 saturated heterocycles. The molecule has 9 heteroatoms. The summed E-state index contributed by atoms with van der Waals surface area (Å²) in [5, 5.41) is 4.61. The monoisotopic (exact) mass is 460 g/mol. The lowest BCUT2D eigenvalue weighted by Gasteiger charge is -2.08. The Hall–Kier alpha value is -4.40. The fourth-order valence-electron chi connectivity index (χ4n) is 3.55. The zero-order chi connectivity index (χ0) is 23.9. The molecule has 0 aliphatic rings. The summed E-state index contributed by atoms with van der Waals surface area (Å²) in [4.78, 5) is 29.5. The summed E-state index contributed by atoms with van der Waals surface area (Å²) in [6.07, 6.45) is 6.19. The average Bonchev–Trinajstić information content (AvgIpc) is 3.55. The Morgan fingerprint density at radius 1 is 0.971 bits per heavy atom. The van der Waals surface area contributed by atoms with Crippen molar-refractivity contribution in [2.75, 3.05) is 20.8 Å². The zero-order valence-electron chi connectivity index (χ0n) is 18.9. The Balaban J connectivity index is 1.69. The number of hydrogen-bond donors (Lipinski definition) is 0. The van der Waals surface area contributed by atoms with E-state index in [9.17, 15) is 9.59 Å². The van der Waals surface area contributed by atoms with Gasteiger partial charge in [-0.2, -0.15) is 5.10 Å². The molecule has 0 amide bonds. The van der Waals surface area contributed by atoms with Gasteiger partial charge in [-0.3, -0.25) is 0 Å². The van der Waals surface area contributed by atoms with Gasteiger partial charge in [0.15, 0.2) is 5.69 Å². The molecule has 0 bridgehead atoms. The summed E-state index contributed by atoms with van der Waals surface area (Å²) in [5.41, 5.74) is 1.51. The highest BCUT2D eigenvalue weighted by Crippen LogP contribution is 2.31. The molecule has 0 aliphatic heterocycles. The second kappa shape index (κ2) is 10.5. The van der Waals surface area contributed by atoms with Crippen LogP contribution in [0.4, 0.5) is 0 Å². The Morgan fingerprint density at radius 2 is 1.76 bits per heavy atom. The van der Waals surface area contributed by atoms with Gasteiger partial charge in [-0.05, 0) is 30.7 Å². The predicted molar refractivity (Wildman–Crippen MR) is 124 cm³/mol. The van der Waals surface area contributed by atoms with Crippen molar-refractivity contribution < 1.29 is 23.8 Å². The Kier molecular flexibility index (Phi) is 7.02. The minimum Gasteiger partial charge on any atom is -0.494 e. The molecule has 0 saturated carbocycles. The third kappa shape index (κ3) is 4.83. The molecule has 34 heavy (non-hydrogen) atoms. The van der Waals surface area contributed by atoms with Gasteiger partial charge >= 0.3 is 11.9 Å². The first-order valence-electron chi connectivity index (χ1n) is 10.7. The van der Waals surface area contributed by atoms with E-state index in [1.54, 1.807) is 42.9 Å². The normalized spacial score (nSPS) is 10.6. The number of carbonyl (C=O) groups excluding carboxylic acids is 2. The highest BCUT2D eigenvalue weighted by molar-refractivity contribution is 6.06. The maximum atomic E-state index is 12.8. The molecule has 0 radical (unpaired) electrons. The molecule has 2 aromatic carbocycles. The number of carbonyl (C=O) groups is 2. The standard InChI is InChI=1S/C25H24N4O5/c1-32-24(30)21-22(27-29(23(21)25(31)33-2)19-9-4-3-5-10-19)18-8-6-11-20(16-18)34-15-7-13-28-14-12-26-17-28/h3-6,8-12,14,16-17H,7,13,15H2,1-2H3. The summed E-state index contributed by atoms with van der Waals surface area (Å²) in [6.45, 7) is 1.29. The predicted octanol–water partition coefficient (Wildman–Crippen LogP) is 3.78. The Labute approximate surface area is 196 Å². The first kappa shape index (κ1) is 22.8. The van der Waals surface area contributed by atoms with Crippen molar-refractivity contribution in [2.24, 2.45) is 0 Å². The fraction of sp³-hybridized carbons (Fsp3) is 0.200. The second-order valence-electron chi connectivity index (χ2n) is 7.33. The van der Waals surface area contributed by atoms with Gasteiger partial charge in [-0.15, -0.1) is 0 Å². The lowest BCUT2D eigenvalue weighted by atomic mass is 10.1. The van der Waals surface area contributed by atoms with Crippen molar-refractivity contribution in [1.82, 2.24) is 19.3 Å². The van der Waals surface area contributed by atoms with E-state index in [-0.39, 0.29) is 11.3 Å². The van der Waals surface area contributed by atoms with Crippen LogP contribution >= 0.6 is 0 Å². The number of esters is 2. The molecule has 0 atom stereocenters. The summed E-state index contributed by atoms with van der Waals surface area (Å²) >= 11 is 0. The maximum absolute atomic E-state index is 12.8. The topological polar surface area (TPSA) is 97.5 Å². The highest BCUT2D eigenvalue weighted by Gasteiger charge is 2.31. The number of imidazole rings is 1. The van der Waals surface area contributed by atoms with Gasteiger partial charge in [-0.1, -0.05) is 30.3 Å². The summed E-state index contributed by atoms with van der Waals surface area (Å²) in [7, 11) is 2.51. The molecule has 2 heterocycles. The summed E-state index contributed by atoms with van der Waals surface area (Å²) in [6, 6.07) is 16.2. The lowest BCUT2D eigenvalue weighted by Crippen LogP contribution is -2.15. The number of aryl methyl sites for hydroxylation is 1. The van der Waals surface area contributed by atoms with Gasteiger partial charge in [0.25, 0.3) is 0 Å². The van der Waals surface area contributed by atoms with Crippen LogP contribution in [0.1, 0.15) is 27.3 Å². The van der Waals surface area contributed by atoms with Crippen LogP contribution in [-0.4, -0.2) is 52.1 Å². The molecule has 0 spiro atoms. The molecule has 174 valence electrons. The molecule has 0 unspecified atom stereocenters. The van der Waals surface area contributed by atoms with Crippen LogP contribution in [-0.2, 0) is 16.0 Å². The summed E-state index contributed by atoms with van der Waals surface area (Å²) < 4.78 is 19.2. The number of rotatable bonds is 9. The number of nitrogens with zero attached hydrogens (tertiary/aromatic N) is 4. The minimum absolute atomic E-state index is 0.0118. The van der Waals surface area contributed by atoms with Crippen LogP contribution in [0.3, 0.4) is 0 Å². The van der Waals surface area contributed by atoms with Crippen molar-refractivity contribution in [3.05, 3.63) is 84.6 Å². The Bertz CT molecular complexity index is 1270. The number of benzene rings is 2. The number of methoxy groups -OCH3 is 2. The van der Waals surface area contributed by atoms with Gasteiger partial charge < -0.3 is 18.8 Å². The van der Waals surface area contributed by atoms with Crippen molar-refractivity contribution >= 4 is 11.9 Å². The average molecular weight is 460 g/mol. The van der Waals surface area contributed by atoms with Gasteiger partial charge in [0.2, 0.25) is 0 Å². The van der Waals surface area contributed by atoms with E-state index >= 15 is 0 Å². The van der Waals surface area contributed by atoms with Crippen molar-refractivity contribution in [1.29, 1.82) is 0 Å². The first-order valence-corrected chi connectivity index (χ1v) is 10.7. The van der Waals surface area contributed by atoms with Gasteiger partial charge in [0, 0.05) is 24.5 Å². The fourth-order valence-corrected chi connectivity index (χ4v) is 3.55. The smallest absolute Gasteiger partial charge is 0.357 e. The number of ether oxygens (including phenoxy) is 3. The lowest BCUT2D eigenvalue weighted by molar-refractivity contribution is 0.0549. The van der Waals surface area contributed by atoms with Crippen LogP contribution in [0.15, 0.2) is 73.3 Å². The minimum atomic E-state index is -0.699. The van der Waals surface area contributed by atoms with Crippen molar-refractivity contribution in [3.8, 4) is 22.7 Å². The van der Waals surface area contributed by atoms with Gasteiger partial charge in [0.05, 0.1) is 32.8 Å². The van der Waals surface area contributed by atoms with Crippen molar-refractivity contribution in [3.63, 3.8) is 0 Å². The SMILES string of the molecule is COC(=O)c1c(-c2cccc(OCCCn3ccnc3)c2)nn(-c2ccccc2)c1C(=O)OC. The van der Waals surface area contributed by atoms with Crippen LogP contribution in [0.5, 0.6) is 5.75 Å². The zero-order valence-corrected chi connectivity index (χ0v) is 18.9. The molecule has 0 fully saturated rings. The number of aromatic nitrogens is 4. The molecule has 9 nitrogen and oxygen atoms in total. The molecule has 0 aliphatic carbocycles. The highest BCUT2D eigenvalue weighted by atomic mass is 16.5. The van der Waals surface area contributed by atoms with Crippen LogP contribution in [0.25, 0.3) is 16.9 Å². The van der Waals surface area contributed by atoms with E-state index in [4.69, 9.17) is 14.2 Å². The largest absolute Gasteiger partial charge is 0.494 e. The van der Waals surface area contributed by atoms with Crippen LogP contribution < -0.4 is 4.74 Å². The second-order valence-corrected chi connectivity index (χ2v) is 7.33. The third-order valence-electron chi connectivity index (χ3n) is 5.15. The van der Waals surface area contributed by atoms with E-state index in [2.05, 4.69) is 10.1 Å². The van der Waals surface area contributed by atoms with Gasteiger partial charge in [-0.25, -0.2) is 19.3 Å². The number of hydrogen-bond acceptors (Lipinski definition) is 7. The summed E-state index contributed by atoms with van der Waals surface area (Å²) in [5.74, 6) is -0.771. The Morgan fingerprint density at radius 3 is 2.47 bits per heavy atom. The van der Waals surface area contributed by atoms with Crippen LogP contribution in [0.2, 0.25) is 0 Å². The van der Waals surface area contributed by atoms with E-state index in [0.29, 0.717) is 29.3 Å². The van der Waals surface area contributed by atoms with Gasteiger partial charge in [0.1, 0.15) is 17.0 Å². The van der Waals surface area contributed by atoms with E-state index in [1.807, 2.05) is 35.0 Å². The molecule has 2 aromatic heterocycles. The molecular formula is C25H24N4O5. The third-order valence-corrected chi connectivity index (χ3v) is 5.15. The molecule has 0 N–H and O–H groups in total.